The molecule has 4 heterocycles. The van der Waals surface area contributed by atoms with Gasteiger partial charge in [-0.1, -0.05) is 28.1 Å². The molecule has 1 unspecified atom stereocenters. The minimum absolute atomic E-state index is 0.0114. The number of carbonyl (C=O) groups is 5. The number of hydrogen-bond acceptors (Lipinski definition) is 13. The second-order valence-corrected chi connectivity index (χ2v) is 11.6. The number of nitrogen functional groups attached to an aromatic ring is 1. The van der Waals surface area contributed by atoms with E-state index in [0.717, 1.165) is 16.2 Å². The van der Waals surface area contributed by atoms with Gasteiger partial charge < -0.3 is 41.3 Å². The maximum Gasteiger partial charge on any atom is 0.347 e. The number of amides is 3. The lowest BCUT2D eigenvalue weighted by Gasteiger charge is -2.50. The first-order chi connectivity index (χ1) is 19.8. The summed E-state index contributed by atoms with van der Waals surface area (Å²) in [6, 6.07) is 0.237. The first-order valence-corrected chi connectivity index (χ1v) is 14.1. The van der Waals surface area contributed by atoms with Gasteiger partial charge in [-0.05, 0) is 6.92 Å². The Bertz CT molecular complexity index is 1560. The van der Waals surface area contributed by atoms with E-state index in [9.17, 15) is 34.2 Å². The minimum Gasteiger partial charge on any atom is -0.543 e. The van der Waals surface area contributed by atoms with Gasteiger partial charge in [0.1, 0.15) is 21.4 Å². The third-order valence-electron chi connectivity index (χ3n) is 5.90. The molecule has 6 N–H and O–H groups in total. The van der Waals surface area contributed by atoms with E-state index in [1.165, 1.54) is 48.6 Å². The molecule has 0 aromatic carbocycles. The number of aromatic nitrogens is 2. The van der Waals surface area contributed by atoms with E-state index in [-0.39, 0.29) is 44.6 Å². The van der Waals surface area contributed by atoms with Crippen molar-refractivity contribution in [3.63, 3.8) is 0 Å². The third-order valence-corrected chi connectivity index (χ3v) is 8.32. The van der Waals surface area contributed by atoms with Gasteiger partial charge >= 0.3 is 5.97 Å². The highest BCUT2D eigenvalue weighted by Crippen LogP contribution is 2.40. The number of hydrogen-bond donors (Lipinski definition) is 5. The Kier molecular flexibility index (Phi) is 8.88. The molecule has 1 fully saturated rings. The number of fused-ring (bicyclic) bond motifs is 1. The molecule has 2 aliphatic heterocycles. The Balaban J connectivity index is 1.55. The predicted molar refractivity (Wildman–Crippen MR) is 146 cm³/mol. The van der Waals surface area contributed by atoms with Crippen molar-refractivity contribution in [3.8, 4) is 5.75 Å². The maximum atomic E-state index is 13.2. The quantitative estimate of drug-likeness (QED) is 0.0875. The number of oxime groups is 1. The van der Waals surface area contributed by atoms with Gasteiger partial charge in [-0.25, -0.2) is 9.78 Å². The standard InChI is InChI=1S/C23H22ClN7O9S2/c1-8(21(36)37)40-29-14(13-17(24)42-23(25)28-13)18(34)27-15-19(35)31-16(22(38)39)10(7-41-20(15)31)5-30-4-3-11(12(33)6-30)26-9(2)32/h3-4,6,8,15,20H,5,7H2,1-2H3,(H6,25,27,28,33,34,36,37,38,39)/b29-14-/t8-,15+,20?/m0/s1. The van der Waals surface area contributed by atoms with Crippen molar-refractivity contribution < 1.29 is 48.7 Å². The van der Waals surface area contributed by atoms with Crippen molar-refractivity contribution in [1.82, 2.24) is 15.2 Å². The zero-order chi connectivity index (χ0) is 30.9. The summed E-state index contributed by atoms with van der Waals surface area (Å²) in [6.07, 6.45) is 1.35. The van der Waals surface area contributed by atoms with E-state index in [1.807, 2.05) is 0 Å². The van der Waals surface area contributed by atoms with Crippen LogP contribution in [0.1, 0.15) is 19.5 Å². The predicted octanol–water partition coefficient (Wildman–Crippen LogP) is -1.37. The highest BCUT2D eigenvalue weighted by Gasteiger charge is 2.53. The van der Waals surface area contributed by atoms with Crippen LogP contribution in [0.3, 0.4) is 0 Å². The van der Waals surface area contributed by atoms with E-state index in [1.54, 1.807) is 0 Å². The molecular formula is C23H22ClN7O9S2. The molecule has 0 radical (unpaired) electrons. The Morgan fingerprint density at radius 1 is 1.40 bits per heavy atom. The first kappa shape index (κ1) is 30.5. The number of carboxylic acids is 2. The number of halogens is 1. The normalized spacial score (nSPS) is 19.0. The molecule has 2 aliphatic rings. The van der Waals surface area contributed by atoms with Crippen molar-refractivity contribution in [2.45, 2.75) is 37.9 Å². The molecule has 19 heteroatoms. The number of β-lactam (4-membered cyclic amide) rings is 1. The number of pyridine rings is 1. The minimum atomic E-state index is -1.61. The smallest absolute Gasteiger partial charge is 0.347 e. The molecule has 2 aromatic rings. The summed E-state index contributed by atoms with van der Waals surface area (Å²) >= 11 is 8.11. The number of aromatic hydroxyl groups is 1. The molecular weight excluding hydrogens is 618 g/mol. The van der Waals surface area contributed by atoms with Gasteiger partial charge in [-0.3, -0.25) is 19.3 Å². The van der Waals surface area contributed by atoms with Crippen LogP contribution in [0.2, 0.25) is 4.34 Å². The fourth-order valence-electron chi connectivity index (χ4n) is 3.97. The van der Waals surface area contributed by atoms with Crippen LogP contribution < -0.4 is 26.0 Å². The Morgan fingerprint density at radius 2 is 2.12 bits per heavy atom. The van der Waals surface area contributed by atoms with E-state index in [2.05, 4.69) is 20.8 Å². The van der Waals surface area contributed by atoms with Gasteiger partial charge in [0, 0.05) is 24.3 Å². The fraction of sp³-hybridized carbons (Fsp3) is 0.304. The van der Waals surface area contributed by atoms with Gasteiger partial charge in [-0.2, -0.15) is 4.57 Å². The lowest BCUT2D eigenvalue weighted by Crippen LogP contribution is -2.71. The van der Waals surface area contributed by atoms with Crippen molar-refractivity contribution >= 4 is 80.9 Å². The molecule has 16 nitrogen and oxygen atoms in total. The monoisotopic (exact) mass is 639 g/mol. The number of thioether (sulfide) groups is 1. The number of carbonyl (C=O) groups excluding carboxylic acids is 4. The number of nitrogens with zero attached hydrogens (tertiary/aromatic N) is 4. The summed E-state index contributed by atoms with van der Waals surface area (Å²) in [5.74, 6) is -5.25. The van der Waals surface area contributed by atoms with Gasteiger partial charge in [-0.15, -0.1) is 11.8 Å². The van der Waals surface area contributed by atoms with Gasteiger partial charge in [0.2, 0.25) is 24.0 Å². The molecule has 4 rings (SSSR count). The molecule has 0 saturated carbocycles. The van der Waals surface area contributed by atoms with Crippen LogP contribution in [0.25, 0.3) is 0 Å². The molecule has 2 aromatic heterocycles. The van der Waals surface area contributed by atoms with Crippen molar-refractivity contribution in [3.05, 3.63) is 39.8 Å². The number of nitrogens with one attached hydrogen (secondary N) is 2. The Labute approximate surface area is 249 Å². The Morgan fingerprint density at radius 3 is 2.69 bits per heavy atom. The molecule has 3 atom stereocenters. The average Bonchev–Trinajstić information content (AvgIpc) is 3.25. The maximum absolute atomic E-state index is 13.2. The SMILES string of the molecule is CC(=O)Nc1cc[n+](CC2=C(C(=O)[O-])N3C(=O)[C@@H](NC(=O)/C(=N\O[C@@H](C)C(=O)O)c4nc(N)sc4Cl)C3SC2)cc1O. The zero-order valence-electron chi connectivity index (χ0n) is 21.7. The van der Waals surface area contributed by atoms with Crippen molar-refractivity contribution in [2.24, 2.45) is 5.16 Å². The van der Waals surface area contributed by atoms with Crippen molar-refractivity contribution in [2.75, 3.05) is 16.8 Å². The summed E-state index contributed by atoms with van der Waals surface area (Å²) in [7, 11) is 0. The molecule has 1 saturated heterocycles. The van der Waals surface area contributed by atoms with Crippen LogP contribution in [0.15, 0.2) is 34.9 Å². The van der Waals surface area contributed by atoms with Crippen LogP contribution in [0.5, 0.6) is 5.75 Å². The lowest BCUT2D eigenvalue weighted by atomic mass is 10.0. The lowest BCUT2D eigenvalue weighted by molar-refractivity contribution is -0.689. The topological polar surface area (TPSA) is 241 Å². The third kappa shape index (κ3) is 6.24. The van der Waals surface area contributed by atoms with Gasteiger partial charge in [0.25, 0.3) is 11.8 Å². The van der Waals surface area contributed by atoms with E-state index < -0.39 is 52.9 Å². The molecule has 222 valence electrons. The molecule has 3 amide bonds. The summed E-state index contributed by atoms with van der Waals surface area (Å²) in [5.41, 5.74) is 5.00. The number of thiazole rings is 1. The van der Waals surface area contributed by atoms with Gasteiger partial charge in [0.15, 0.2) is 23.6 Å². The fourth-order valence-corrected chi connectivity index (χ4v) is 6.24. The average molecular weight is 640 g/mol. The van der Waals surface area contributed by atoms with Crippen LogP contribution >= 0.6 is 34.7 Å². The van der Waals surface area contributed by atoms with Gasteiger partial charge in [0.05, 0.1) is 17.4 Å². The molecule has 0 bridgehead atoms. The van der Waals surface area contributed by atoms with Crippen LogP contribution in [-0.4, -0.2) is 78.7 Å². The van der Waals surface area contributed by atoms with Crippen molar-refractivity contribution in [1.29, 1.82) is 0 Å². The summed E-state index contributed by atoms with van der Waals surface area (Å²) in [4.78, 5) is 70.6. The number of aliphatic carboxylic acids is 2. The molecule has 42 heavy (non-hydrogen) atoms. The summed E-state index contributed by atoms with van der Waals surface area (Å²) < 4.78 is 1.43. The highest BCUT2D eigenvalue weighted by atomic mass is 35.5. The zero-order valence-corrected chi connectivity index (χ0v) is 24.1. The number of nitrogens with two attached hydrogens (primary N) is 1. The second-order valence-electron chi connectivity index (χ2n) is 8.90. The molecule has 0 spiro atoms. The summed E-state index contributed by atoms with van der Waals surface area (Å²) in [6.45, 7) is 2.42. The van der Waals surface area contributed by atoms with E-state index in [0.29, 0.717) is 5.57 Å². The largest absolute Gasteiger partial charge is 0.543 e. The van der Waals surface area contributed by atoms with Crippen LogP contribution in [0.4, 0.5) is 10.8 Å². The Hall–Kier alpha value is -4.42. The summed E-state index contributed by atoms with van der Waals surface area (Å²) in [5, 5.41) is 39.0. The number of rotatable bonds is 10. The first-order valence-electron chi connectivity index (χ1n) is 11.9. The number of carboxylic acid groups (broad SMARTS) is 2. The second kappa shape index (κ2) is 12.2. The highest BCUT2D eigenvalue weighted by molar-refractivity contribution is 8.00. The van der Waals surface area contributed by atoms with E-state index in [4.69, 9.17) is 27.3 Å². The molecule has 0 aliphatic carbocycles. The van der Waals surface area contributed by atoms with Crippen LogP contribution in [-0.2, 0) is 35.4 Å². The van der Waals surface area contributed by atoms with Crippen LogP contribution in [0, 0.1) is 0 Å². The van der Waals surface area contributed by atoms with E-state index >= 15 is 0 Å². The number of anilines is 2.